The fourth-order valence-corrected chi connectivity index (χ4v) is 3.50. The summed E-state index contributed by atoms with van der Waals surface area (Å²) in [6.45, 7) is 2.46. The van der Waals surface area contributed by atoms with E-state index in [4.69, 9.17) is 5.73 Å². The van der Waals surface area contributed by atoms with Crippen LogP contribution in [0.1, 0.15) is 5.56 Å². The van der Waals surface area contributed by atoms with Crippen molar-refractivity contribution in [3.63, 3.8) is 0 Å². The van der Waals surface area contributed by atoms with Gasteiger partial charge in [0.15, 0.2) is 0 Å². The third-order valence-corrected chi connectivity index (χ3v) is 5.07. The molecule has 0 unspecified atom stereocenters. The Morgan fingerprint density at radius 3 is 2.85 bits per heavy atom. The summed E-state index contributed by atoms with van der Waals surface area (Å²) in [6.07, 6.45) is 3.42. The van der Waals surface area contributed by atoms with Crippen molar-refractivity contribution < 1.29 is 8.42 Å². The standard InChI is InChI=1S/C12H15BrN4O2S/c1-9-7-10(13)11(14)8-12(9)20(18,19)16-4-6-17-5-2-3-15-17/h2-3,5,7-8,16H,4,6,14H2,1H3. The second-order valence-corrected chi connectivity index (χ2v) is 6.90. The average molecular weight is 359 g/mol. The Bertz CT molecular complexity index is 698. The fourth-order valence-electron chi connectivity index (χ4n) is 1.76. The Hall–Kier alpha value is -1.38. The van der Waals surface area contributed by atoms with Crippen LogP contribution in [0.5, 0.6) is 0 Å². The van der Waals surface area contributed by atoms with Crippen LogP contribution in [0.2, 0.25) is 0 Å². The quantitative estimate of drug-likeness (QED) is 0.792. The minimum Gasteiger partial charge on any atom is -0.398 e. The molecule has 6 nitrogen and oxygen atoms in total. The Labute approximate surface area is 126 Å². The van der Waals surface area contributed by atoms with Gasteiger partial charge in [0.1, 0.15) is 0 Å². The van der Waals surface area contributed by atoms with Crippen LogP contribution in [-0.4, -0.2) is 24.7 Å². The molecule has 2 rings (SSSR count). The molecule has 0 fully saturated rings. The lowest BCUT2D eigenvalue weighted by Crippen LogP contribution is -2.28. The van der Waals surface area contributed by atoms with E-state index < -0.39 is 10.0 Å². The number of anilines is 1. The van der Waals surface area contributed by atoms with Crippen LogP contribution in [-0.2, 0) is 16.6 Å². The zero-order valence-electron chi connectivity index (χ0n) is 10.9. The molecule has 1 aromatic heterocycles. The normalized spacial score (nSPS) is 11.7. The van der Waals surface area contributed by atoms with Gasteiger partial charge in [0.2, 0.25) is 10.0 Å². The molecule has 0 aliphatic heterocycles. The highest BCUT2D eigenvalue weighted by Gasteiger charge is 2.17. The monoisotopic (exact) mass is 358 g/mol. The highest BCUT2D eigenvalue weighted by Crippen LogP contribution is 2.26. The van der Waals surface area contributed by atoms with Gasteiger partial charge in [-0.15, -0.1) is 0 Å². The van der Waals surface area contributed by atoms with E-state index in [1.165, 1.54) is 6.07 Å². The van der Waals surface area contributed by atoms with E-state index in [9.17, 15) is 8.42 Å². The predicted octanol–water partition coefficient (Wildman–Crippen LogP) is 1.51. The van der Waals surface area contributed by atoms with E-state index in [0.29, 0.717) is 22.3 Å². The van der Waals surface area contributed by atoms with Crippen LogP contribution in [0.4, 0.5) is 5.69 Å². The van der Waals surface area contributed by atoms with Crippen molar-refractivity contribution in [1.82, 2.24) is 14.5 Å². The number of aromatic nitrogens is 2. The lowest BCUT2D eigenvalue weighted by molar-refractivity contribution is 0.560. The zero-order chi connectivity index (χ0) is 14.8. The van der Waals surface area contributed by atoms with Crippen LogP contribution in [0.3, 0.4) is 0 Å². The number of rotatable bonds is 5. The molecule has 0 spiro atoms. The molecule has 0 saturated heterocycles. The molecule has 0 saturated carbocycles. The summed E-state index contributed by atoms with van der Waals surface area (Å²) in [6, 6.07) is 4.93. The summed E-state index contributed by atoms with van der Waals surface area (Å²) in [4.78, 5) is 0.193. The number of nitrogens with two attached hydrogens (primary N) is 1. The van der Waals surface area contributed by atoms with Crippen LogP contribution >= 0.6 is 15.9 Å². The fraction of sp³-hybridized carbons (Fsp3) is 0.250. The lowest BCUT2D eigenvalue weighted by atomic mass is 10.2. The van der Waals surface area contributed by atoms with Crippen LogP contribution in [0.15, 0.2) is 40.0 Å². The number of halogens is 1. The van der Waals surface area contributed by atoms with Gasteiger partial charge in [-0.25, -0.2) is 13.1 Å². The van der Waals surface area contributed by atoms with Crippen LogP contribution in [0, 0.1) is 6.92 Å². The van der Waals surface area contributed by atoms with Crippen molar-refractivity contribution >= 4 is 31.6 Å². The summed E-state index contributed by atoms with van der Waals surface area (Å²) < 4.78 is 29.4. The van der Waals surface area contributed by atoms with Gasteiger partial charge in [-0.1, -0.05) is 0 Å². The highest BCUT2D eigenvalue weighted by atomic mass is 79.9. The van der Waals surface area contributed by atoms with Crippen molar-refractivity contribution in [2.75, 3.05) is 12.3 Å². The van der Waals surface area contributed by atoms with E-state index >= 15 is 0 Å². The molecule has 20 heavy (non-hydrogen) atoms. The molecule has 0 atom stereocenters. The van der Waals surface area contributed by atoms with E-state index in [2.05, 4.69) is 25.8 Å². The van der Waals surface area contributed by atoms with Gasteiger partial charge in [-0.2, -0.15) is 5.10 Å². The average Bonchev–Trinajstić information content (AvgIpc) is 2.86. The summed E-state index contributed by atoms with van der Waals surface area (Å²) >= 11 is 3.27. The topological polar surface area (TPSA) is 90.0 Å². The van der Waals surface area contributed by atoms with Crippen LogP contribution < -0.4 is 10.5 Å². The van der Waals surface area contributed by atoms with Crippen molar-refractivity contribution in [3.05, 3.63) is 40.6 Å². The summed E-state index contributed by atoms with van der Waals surface area (Å²) in [5, 5.41) is 4.01. The number of hydrogen-bond donors (Lipinski definition) is 2. The predicted molar refractivity (Wildman–Crippen MR) is 80.7 cm³/mol. The maximum absolute atomic E-state index is 12.2. The van der Waals surface area contributed by atoms with Crippen molar-refractivity contribution in [2.45, 2.75) is 18.4 Å². The van der Waals surface area contributed by atoms with Crippen molar-refractivity contribution in [1.29, 1.82) is 0 Å². The molecule has 0 bridgehead atoms. The van der Waals surface area contributed by atoms with Gasteiger partial charge in [-0.3, -0.25) is 4.68 Å². The van der Waals surface area contributed by atoms with Gasteiger partial charge in [-0.05, 0) is 46.6 Å². The molecule has 0 amide bonds. The summed E-state index contributed by atoms with van der Waals surface area (Å²) in [5.74, 6) is 0. The molecule has 0 radical (unpaired) electrons. The number of nitrogen functional groups attached to an aromatic ring is 1. The third-order valence-electron chi connectivity index (χ3n) is 2.78. The summed E-state index contributed by atoms with van der Waals surface area (Å²) in [7, 11) is -3.58. The smallest absolute Gasteiger partial charge is 0.240 e. The van der Waals surface area contributed by atoms with E-state index in [1.807, 2.05) is 0 Å². The van der Waals surface area contributed by atoms with E-state index in [-0.39, 0.29) is 11.4 Å². The Morgan fingerprint density at radius 1 is 1.45 bits per heavy atom. The maximum atomic E-state index is 12.2. The molecule has 108 valence electrons. The second kappa shape index (κ2) is 5.94. The molecular formula is C12H15BrN4O2S. The van der Waals surface area contributed by atoms with Gasteiger partial charge < -0.3 is 5.73 Å². The second-order valence-electron chi connectivity index (χ2n) is 4.31. The molecule has 1 aromatic carbocycles. The minimum atomic E-state index is -3.58. The maximum Gasteiger partial charge on any atom is 0.240 e. The van der Waals surface area contributed by atoms with Crippen molar-refractivity contribution in [3.8, 4) is 0 Å². The number of hydrogen-bond acceptors (Lipinski definition) is 4. The zero-order valence-corrected chi connectivity index (χ0v) is 13.3. The first-order valence-electron chi connectivity index (χ1n) is 5.93. The molecule has 1 heterocycles. The molecular weight excluding hydrogens is 344 g/mol. The van der Waals surface area contributed by atoms with Crippen molar-refractivity contribution in [2.24, 2.45) is 0 Å². The Kier molecular flexibility index (Phi) is 4.46. The van der Waals surface area contributed by atoms with E-state index in [0.717, 1.165) is 0 Å². The molecule has 8 heteroatoms. The molecule has 3 N–H and O–H groups in total. The highest BCUT2D eigenvalue weighted by molar-refractivity contribution is 9.10. The number of aryl methyl sites for hydroxylation is 1. The van der Waals surface area contributed by atoms with Gasteiger partial charge in [0, 0.05) is 29.1 Å². The molecule has 0 aliphatic rings. The first-order chi connectivity index (χ1) is 9.40. The van der Waals surface area contributed by atoms with Crippen LogP contribution in [0.25, 0.3) is 0 Å². The largest absolute Gasteiger partial charge is 0.398 e. The SMILES string of the molecule is Cc1cc(Br)c(N)cc1S(=O)(=O)NCCn1cccn1. The van der Waals surface area contributed by atoms with Gasteiger partial charge in [0.05, 0.1) is 11.4 Å². The molecule has 0 aliphatic carbocycles. The third kappa shape index (κ3) is 3.38. The van der Waals surface area contributed by atoms with Gasteiger partial charge >= 0.3 is 0 Å². The summed E-state index contributed by atoms with van der Waals surface area (Å²) in [5.41, 5.74) is 6.77. The van der Waals surface area contributed by atoms with Gasteiger partial charge in [0.25, 0.3) is 0 Å². The minimum absolute atomic E-state index is 0.193. The van der Waals surface area contributed by atoms with E-state index in [1.54, 1.807) is 36.1 Å². The number of nitrogens with zero attached hydrogens (tertiary/aromatic N) is 2. The first kappa shape index (κ1) is 15.0. The number of benzene rings is 1. The Morgan fingerprint density at radius 2 is 2.20 bits per heavy atom. The molecule has 2 aromatic rings. The Balaban J connectivity index is 2.12. The lowest BCUT2D eigenvalue weighted by Gasteiger charge is -2.11. The first-order valence-corrected chi connectivity index (χ1v) is 8.20. The number of nitrogens with one attached hydrogen (secondary N) is 1. The number of sulfonamides is 1.